The largest absolute Gasteiger partial charge is 0.461 e. The molecular formula is C18H19FN2O4. The lowest BCUT2D eigenvalue weighted by atomic mass is 9.66. The minimum Gasteiger partial charge on any atom is -0.461 e. The summed E-state index contributed by atoms with van der Waals surface area (Å²) in [7, 11) is 0. The summed E-state index contributed by atoms with van der Waals surface area (Å²) in [5.74, 6) is -3.04. The van der Waals surface area contributed by atoms with Crippen molar-refractivity contribution in [2.45, 2.75) is 24.9 Å². The van der Waals surface area contributed by atoms with Gasteiger partial charge < -0.3 is 14.9 Å². The maximum absolute atomic E-state index is 13.8. The Hall–Kier alpha value is -2.67. The fraction of sp³-hybridized carbons (Fsp3) is 0.333. The number of carbonyl (C=O) groups is 1. The third-order valence-corrected chi connectivity index (χ3v) is 4.55. The first-order chi connectivity index (χ1) is 11.8. The molecule has 1 aromatic carbocycles. The molecule has 1 aromatic heterocycles. The Balaban J connectivity index is 2.18. The molecule has 0 aliphatic heterocycles. The van der Waals surface area contributed by atoms with E-state index in [0.29, 0.717) is 16.8 Å². The third-order valence-electron chi connectivity index (χ3n) is 4.55. The van der Waals surface area contributed by atoms with E-state index in [9.17, 15) is 19.1 Å². The number of halogens is 1. The van der Waals surface area contributed by atoms with Crippen molar-refractivity contribution in [3.8, 4) is 0 Å². The molecule has 0 spiro atoms. The van der Waals surface area contributed by atoms with E-state index in [1.807, 2.05) is 0 Å². The van der Waals surface area contributed by atoms with E-state index in [0.717, 1.165) is 0 Å². The van der Waals surface area contributed by atoms with E-state index in [1.54, 1.807) is 6.07 Å². The minimum atomic E-state index is -1.48. The van der Waals surface area contributed by atoms with Crippen molar-refractivity contribution in [3.63, 3.8) is 0 Å². The first-order valence-electron chi connectivity index (χ1n) is 7.90. The number of esters is 1. The summed E-state index contributed by atoms with van der Waals surface area (Å²) in [6.07, 6.45) is 1.49. The molecule has 3 atom stereocenters. The van der Waals surface area contributed by atoms with Gasteiger partial charge in [0.1, 0.15) is 12.4 Å². The molecular weight excluding hydrogens is 327 g/mol. The van der Waals surface area contributed by atoms with Crippen LogP contribution in [0.1, 0.15) is 29.7 Å². The number of nitrogens with one attached hydrogen (secondary N) is 2. The van der Waals surface area contributed by atoms with Crippen LogP contribution in [0.4, 0.5) is 4.39 Å². The Morgan fingerprint density at radius 3 is 2.96 bits per heavy atom. The van der Waals surface area contributed by atoms with Crippen LogP contribution in [0.5, 0.6) is 0 Å². The van der Waals surface area contributed by atoms with Crippen LogP contribution in [0.15, 0.2) is 41.7 Å². The zero-order valence-electron chi connectivity index (χ0n) is 13.7. The van der Waals surface area contributed by atoms with Crippen LogP contribution >= 0.6 is 0 Å². The zero-order valence-corrected chi connectivity index (χ0v) is 13.7. The molecule has 0 amide bonds. The minimum absolute atomic E-state index is 0.0162. The van der Waals surface area contributed by atoms with Crippen LogP contribution < -0.4 is 5.56 Å². The van der Waals surface area contributed by atoms with E-state index in [-0.39, 0.29) is 13.0 Å². The number of carbonyl (C=O) groups excluding carboxylic acids is 1. The van der Waals surface area contributed by atoms with Gasteiger partial charge in [0, 0.05) is 23.6 Å². The Labute approximate surface area is 143 Å². The van der Waals surface area contributed by atoms with Gasteiger partial charge in [-0.1, -0.05) is 24.8 Å². The van der Waals surface area contributed by atoms with E-state index >= 15 is 0 Å². The van der Waals surface area contributed by atoms with Crippen molar-refractivity contribution in [1.82, 2.24) is 10.2 Å². The van der Waals surface area contributed by atoms with Crippen LogP contribution in [0, 0.1) is 11.7 Å². The van der Waals surface area contributed by atoms with Crippen molar-refractivity contribution in [1.29, 1.82) is 0 Å². The molecule has 0 unspecified atom stereocenters. The smallest absolute Gasteiger partial charge is 0.313 e. The van der Waals surface area contributed by atoms with Gasteiger partial charge in [-0.25, -0.2) is 4.39 Å². The maximum atomic E-state index is 13.8. The lowest BCUT2D eigenvalue weighted by Crippen LogP contribution is -2.50. The molecule has 1 heterocycles. The van der Waals surface area contributed by atoms with Crippen molar-refractivity contribution in [2.75, 3.05) is 6.61 Å². The van der Waals surface area contributed by atoms with Gasteiger partial charge in [0.25, 0.3) is 5.56 Å². The molecule has 2 aromatic rings. The maximum Gasteiger partial charge on any atom is 0.313 e. The van der Waals surface area contributed by atoms with Gasteiger partial charge in [-0.2, -0.15) is 0 Å². The number of hydrogen-bond acceptors (Lipinski definition) is 4. The predicted molar refractivity (Wildman–Crippen MR) is 88.6 cm³/mol. The first kappa shape index (κ1) is 17.2. The highest BCUT2D eigenvalue weighted by atomic mass is 19.1. The molecule has 7 heteroatoms. The van der Waals surface area contributed by atoms with Gasteiger partial charge in [0.05, 0.1) is 11.5 Å². The standard InChI is InChI=1S/C18H19FN2O4/c1-3-7-25-17(23)15-13(10-5-4-6-11(19)8-10)14-12(9-18(15,2)24)20-21-16(14)22/h3-6,8,13,15,24H,1,7,9H2,2H3,(H2,20,21,22)/t13-,15-,18+/m0/s1. The van der Waals surface area contributed by atoms with Gasteiger partial charge in [0.15, 0.2) is 0 Å². The number of rotatable bonds is 4. The average molecular weight is 346 g/mol. The van der Waals surface area contributed by atoms with Crippen LogP contribution in [0.2, 0.25) is 0 Å². The second kappa shape index (κ2) is 6.33. The number of hydrogen-bond donors (Lipinski definition) is 3. The lowest BCUT2D eigenvalue weighted by molar-refractivity contribution is -0.158. The van der Waals surface area contributed by atoms with Crippen molar-refractivity contribution < 1.29 is 19.0 Å². The quantitative estimate of drug-likeness (QED) is 0.579. The van der Waals surface area contributed by atoms with Crippen LogP contribution in [-0.4, -0.2) is 33.5 Å². The number of aromatic amines is 2. The van der Waals surface area contributed by atoms with Crippen molar-refractivity contribution in [2.24, 2.45) is 5.92 Å². The number of H-pyrrole nitrogens is 2. The van der Waals surface area contributed by atoms with E-state index in [1.165, 1.54) is 31.2 Å². The van der Waals surface area contributed by atoms with Crippen LogP contribution in [0.3, 0.4) is 0 Å². The topological polar surface area (TPSA) is 95.2 Å². The molecule has 0 bridgehead atoms. The molecule has 132 valence electrons. The summed E-state index contributed by atoms with van der Waals surface area (Å²) >= 11 is 0. The number of aromatic nitrogens is 2. The molecule has 0 saturated heterocycles. The normalized spacial score (nSPS) is 25.2. The molecule has 3 rings (SSSR count). The second-order valence-corrected chi connectivity index (χ2v) is 6.43. The van der Waals surface area contributed by atoms with Crippen LogP contribution in [0.25, 0.3) is 0 Å². The molecule has 3 N–H and O–H groups in total. The summed E-state index contributed by atoms with van der Waals surface area (Å²) in [5.41, 5.74) is -0.643. The fourth-order valence-corrected chi connectivity index (χ4v) is 3.55. The number of ether oxygens (including phenoxy) is 1. The molecule has 0 saturated carbocycles. The zero-order chi connectivity index (χ0) is 18.2. The summed E-state index contributed by atoms with van der Waals surface area (Å²) in [6, 6.07) is 5.66. The van der Waals surface area contributed by atoms with Crippen LogP contribution in [-0.2, 0) is 16.0 Å². The Morgan fingerprint density at radius 1 is 1.52 bits per heavy atom. The van der Waals surface area contributed by atoms with Gasteiger partial charge in [-0.05, 0) is 24.6 Å². The van der Waals surface area contributed by atoms with Gasteiger partial charge in [-0.15, -0.1) is 0 Å². The average Bonchev–Trinajstić information content (AvgIpc) is 2.90. The van der Waals surface area contributed by atoms with E-state index in [4.69, 9.17) is 4.74 Å². The lowest BCUT2D eigenvalue weighted by Gasteiger charge is -2.40. The third kappa shape index (κ3) is 3.02. The summed E-state index contributed by atoms with van der Waals surface area (Å²) in [5, 5.41) is 16.1. The molecule has 1 aliphatic rings. The monoisotopic (exact) mass is 346 g/mol. The van der Waals surface area contributed by atoms with Gasteiger partial charge in [0.2, 0.25) is 0 Å². The Morgan fingerprint density at radius 2 is 2.28 bits per heavy atom. The summed E-state index contributed by atoms with van der Waals surface area (Å²) in [6.45, 7) is 4.99. The van der Waals surface area contributed by atoms with E-state index < -0.39 is 34.8 Å². The fourth-order valence-electron chi connectivity index (χ4n) is 3.55. The highest BCUT2D eigenvalue weighted by Crippen LogP contribution is 2.44. The summed E-state index contributed by atoms with van der Waals surface area (Å²) in [4.78, 5) is 24.9. The van der Waals surface area contributed by atoms with Gasteiger partial charge >= 0.3 is 5.97 Å². The highest BCUT2D eigenvalue weighted by molar-refractivity contribution is 5.77. The molecule has 1 aliphatic carbocycles. The van der Waals surface area contributed by atoms with Crippen molar-refractivity contribution in [3.05, 3.63) is 69.9 Å². The highest BCUT2D eigenvalue weighted by Gasteiger charge is 2.51. The number of aliphatic hydroxyl groups is 1. The number of fused-ring (bicyclic) bond motifs is 1. The van der Waals surface area contributed by atoms with E-state index in [2.05, 4.69) is 16.8 Å². The van der Waals surface area contributed by atoms with Gasteiger partial charge in [-0.3, -0.25) is 14.7 Å². The first-order valence-corrected chi connectivity index (χ1v) is 7.90. The molecule has 0 fully saturated rings. The van der Waals surface area contributed by atoms with Crippen molar-refractivity contribution >= 4 is 5.97 Å². The molecule has 6 nitrogen and oxygen atoms in total. The summed E-state index contributed by atoms with van der Waals surface area (Å²) < 4.78 is 18.9. The Kier molecular flexibility index (Phi) is 4.34. The second-order valence-electron chi connectivity index (χ2n) is 6.43. The predicted octanol–water partition coefficient (Wildman–Crippen LogP) is 1.63. The SMILES string of the molecule is C=CCOC(=O)[C@@H]1[C@@H](c2cccc(F)c2)c2c([nH][nH]c2=O)C[C@@]1(C)O. The number of benzene rings is 1. The molecule has 25 heavy (non-hydrogen) atoms. The Bertz CT molecular complexity index is 868. The molecule has 0 radical (unpaired) electrons.